The van der Waals surface area contributed by atoms with Crippen molar-refractivity contribution in [3.63, 3.8) is 0 Å². The molecule has 0 atom stereocenters. The monoisotopic (exact) mass is 351 g/mol. The number of aromatic nitrogens is 1. The fourth-order valence-electron chi connectivity index (χ4n) is 3.52. The molecule has 2 heterocycles. The molecule has 1 N–H and O–H groups in total. The van der Waals surface area contributed by atoms with Crippen molar-refractivity contribution in [3.05, 3.63) is 58.4 Å². The zero-order valence-corrected chi connectivity index (χ0v) is 15.6. The molecule has 136 valence electrons. The summed E-state index contributed by atoms with van der Waals surface area (Å²) >= 11 is 0. The molecule has 1 saturated heterocycles. The van der Waals surface area contributed by atoms with Crippen molar-refractivity contribution in [2.75, 3.05) is 18.4 Å². The molecule has 5 heteroatoms. The number of pyridine rings is 1. The lowest BCUT2D eigenvalue weighted by Gasteiger charge is -2.26. The minimum atomic E-state index is -0.298. The van der Waals surface area contributed by atoms with E-state index in [0.717, 1.165) is 48.3 Å². The second kappa shape index (κ2) is 7.68. The van der Waals surface area contributed by atoms with Gasteiger partial charge < -0.3 is 10.2 Å². The van der Waals surface area contributed by atoms with Gasteiger partial charge in [0.15, 0.2) is 0 Å². The number of anilines is 1. The van der Waals surface area contributed by atoms with Crippen LogP contribution < -0.4 is 5.32 Å². The Morgan fingerprint density at radius 2 is 1.65 bits per heavy atom. The second-order valence-electron chi connectivity index (χ2n) is 7.01. The van der Waals surface area contributed by atoms with Crippen LogP contribution in [-0.4, -0.2) is 34.8 Å². The molecule has 3 rings (SSSR count). The van der Waals surface area contributed by atoms with Gasteiger partial charge in [-0.1, -0.05) is 17.7 Å². The quantitative estimate of drug-likeness (QED) is 0.913. The number of hydrogen-bond acceptors (Lipinski definition) is 3. The Kier molecular flexibility index (Phi) is 5.35. The van der Waals surface area contributed by atoms with Crippen molar-refractivity contribution in [2.45, 2.75) is 40.0 Å². The highest BCUT2D eigenvalue weighted by Crippen LogP contribution is 2.22. The van der Waals surface area contributed by atoms with E-state index in [1.807, 2.05) is 37.8 Å². The van der Waals surface area contributed by atoms with Crippen LogP contribution in [0.3, 0.4) is 0 Å². The molecule has 0 radical (unpaired) electrons. The summed E-state index contributed by atoms with van der Waals surface area (Å²) in [5.41, 5.74) is 4.75. The summed E-state index contributed by atoms with van der Waals surface area (Å²) in [6.45, 7) is 7.54. The van der Waals surface area contributed by atoms with E-state index in [9.17, 15) is 9.59 Å². The number of carbonyl (C=O) groups excluding carboxylic acids is 2. The van der Waals surface area contributed by atoms with Crippen molar-refractivity contribution >= 4 is 17.5 Å². The number of amides is 2. The highest BCUT2D eigenvalue weighted by molar-refractivity contribution is 6.05. The Hall–Kier alpha value is -2.69. The standard InChI is InChI=1S/C21H25N3O2/c1-14-11-15(2)19(16(3)12-14)23-20(25)18-13-17(7-8-22-18)21(26)24-9-5-4-6-10-24/h7-8,11-13H,4-6,9-10H2,1-3H3,(H,23,25). The van der Waals surface area contributed by atoms with Crippen LogP contribution in [0.5, 0.6) is 0 Å². The number of aryl methyl sites for hydroxylation is 3. The first-order valence-electron chi connectivity index (χ1n) is 9.10. The average molecular weight is 351 g/mol. The molecule has 2 amide bonds. The van der Waals surface area contributed by atoms with Gasteiger partial charge in [0, 0.05) is 30.5 Å². The van der Waals surface area contributed by atoms with Gasteiger partial charge in [-0.3, -0.25) is 14.6 Å². The number of hydrogen-bond donors (Lipinski definition) is 1. The lowest BCUT2D eigenvalue weighted by Crippen LogP contribution is -2.35. The maximum atomic E-state index is 12.7. The molecule has 0 spiro atoms. The summed E-state index contributed by atoms with van der Waals surface area (Å²) in [5, 5.41) is 2.94. The topological polar surface area (TPSA) is 62.3 Å². The molecular weight excluding hydrogens is 326 g/mol. The molecule has 1 aliphatic heterocycles. The van der Waals surface area contributed by atoms with Crippen LogP contribution in [0.2, 0.25) is 0 Å². The zero-order chi connectivity index (χ0) is 18.7. The number of benzene rings is 1. The summed E-state index contributed by atoms with van der Waals surface area (Å²) in [5.74, 6) is -0.322. The van der Waals surface area contributed by atoms with Crippen molar-refractivity contribution < 1.29 is 9.59 Å². The number of carbonyl (C=O) groups is 2. The Morgan fingerprint density at radius 1 is 1.00 bits per heavy atom. The molecule has 26 heavy (non-hydrogen) atoms. The van der Waals surface area contributed by atoms with Gasteiger partial charge >= 0.3 is 0 Å². The Bertz CT molecular complexity index is 816. The minimum absolute atomic E-state index is 0.0242. The highest BCUT2D eigenvalue weighted by atomic mass is 16.2. The lowest BCUT2D eigenvalue weighted by atomic mass is 10.0. The van der Waals surface area contributed by atoms with Crippen LogP contribution >= 0.6 is 0 Å². The summed E-state index contributed by atoms with van der Waals surface area (Å²) < 4.78 is 0. The molecule has 2 aromatic rings. The van der Waals surface area contributed by atoms with Gasteiger partial charge in [-0.15, -0.1) is 0 Å². The maximum absolute atomic E-state index is 12.7. The molecule has 0 bridgehead atoms. The molecule has 1 aromatic carbocycles. The van der Waals surface area contributed by atoms with Gasteiger partial charge in [0.2, 0.25) is 0 Å². The molecule has 0 aliphatic carbocycles. The first-order valence-corrected chi connectivity index (χ1v) is 9.10. The Morgan fingerprint density at radius 3 is 2.31 bits per heavy atom. The fourth-order valence-corrected chi connectivity index (χ4v) is 3.52. The van der Waals surface area contributed by atoms with E-state index in [2.05, 4.69) is 10.3 Å². The van der Waals surface area contributed by atoms with Gasteiger partial charge in [0.25, 0.3) is 11.8 Å². The normalized spacial score (nSPS) is 14.2. The predicted molar refractivity (Wildman–Crippen MR) is 103 cm³/mol. The van der Waals surface area contributed by atoms with Crippen LogP contribution in [0, 0.1) is 20.8 Å². The first kappa shape index (κ1) is 18.1. The molecule has 5 nitrogen and oxygen atoms in total. The summed E-state index contributed by atoms with van der Waals surface area (Å²) in [6, 6.07) is 7.33. The number of nitrogens with one attached hydrogen (secondary N) is 1. The van der Waals surface area contributed by atoms with Gasteiger partial charge in [0.05, 0.1) is 0 Å². The summed E-state index contributed by atoms with van der Waals surface area (Å²) in [7, 11) is 0. The zero-order valence-electron chi connectivity index (χ0n) is 15.6. The molecule has 0 saturated carbocycles. The predicted octanol–water partition coefficient (Wildman–Crippen LogP) is 3.89. The van der Waals surface area contributed by atoms with Gasteiger partial charge in [-0.05, 0) is 63.3 Å². The van der Waals surface area contributed by atoms with Gasteiger partial charge in [0.1, 0.15) is 5.69 Å². The Balaban J connectivity index is 1.79. The van der Waals surface area contributed by atoms with Crippen LogP contribution in [-0.2, 0) is 0 Å². The molecule has 1 fully saturated rings. The summed E-state index contributed by atoms with van der Waals surface area (Å²) in [4.78, 5) is 31.3. The smallest absolute Gasteiger partial charge is 0.274 e. The largest absolute Gasteiger partial charge is 0.339 e. The van der Waals surface area contributed by atoms with Crippen LogP contribution in [0.25, 0.3) is 0 Å². The van der Waals surface area contributed by atoms with E-state index >= 15 is 0 Å². The van der Waals surface area contributed by atoms with E-state index in [-0.39, 0.29) is 17.5 Å². The number of rotatable bonds is 3. The van der Waals surface area contributed by atoms with Crippen molar-refractivity contribution in [3.8, 4) is 0 Å². The Labute approximate surface area is 154 Å². The van der Waals surface area contributed by atoms with E-state index in [1.165, 1.54) is 12.6 Å². The maximum Gasteiger partial charge on any atom is 0.274 e. The van der Waals surface area contributed by atoms with E-state index in [0.29, 0.717) is 5.56 Å². The fraction of sp³-hybridized carbons (Fsp3) is 0.381. The average Bonchev–Trinajstić information content (AvgIpc) is 2.64. The van der Waals surface area contributed by atoms with Crippen molar-refractivity contribution in [2.24, 2.45) is 0 Å². The van der Waals surface area contributed by atoms with Crippen LogP contribution in [0.4, 0.5) is 5.69 Å². The van der Waals surface area contributed by atoms with Gasteiger partial charge in [-0.25, -0.2) is 0 Å². The van der Waals surface area contributed by atoms with Crippen LogP contribution in [0.1, 0.15) is 56.8 Å². The van der Waals surface area contributed by atoms with Crippen molar-refractivity contribution in [1.29, 1.82) is 0 Å². The van der Waals surface area contributed by atoms with Crippen molar-refractivity contribution in [1.82, 2.24) is 9.88 Å². The highest BCUT2D eigenvalue weighted by Gasteiger charge is 2.20. The third-order valence-electron chi connectivity index (χ3n) is 4.80. The first-order chi connectivity index (χ1) is 12.5. The number of piperidine rings is 1. The number of nitrogens with zero attached hydrogens (tertiary/aromatic N) is 2. The number of likely N-dealkylation sites (tertiary alicyclic amines) is 1. The third-order valence-corrected chi connectivity index (χ3v) is 4.80. The van der Waals surface area contributed by atoms with E-state index in [4.69, 9.17) is 0 Å². The third kappa shape index (κ3) is 3.93. The summed E-state index contributed by atoms with van der Waals surface area (Å²) in [6.07, 6.45) is 4.77. The molecule has 1 aromatic heterocycles. The molecule has 0 unspecified atom stereocenters. The molecular formula is C21H25N3O2. The van der Waals surface area contributed by atoms with Gasteiger partial charge in [-0.2, -0.15) is 0 Å². The lowest BCUT2D eigenvalue weighted by molar-refractivity contribution is 0.0724. The minimum Gasteiger partial charge on any atom is -0.339 e. The van der Waals surface area contributed by atoms with E-state index < -0.39 is 0 Å². The van der Waals surface area contributed by atoms with E-state index in [1.54, 1.807) is 12.1 Å². The molecule has 1 aliphatic rings. The SMILES string of the molecule is Cc1cc(C)c(NC(=O)c2cc(C(=O)N3CCCCC3)ccn2)c(C)c1. The second-order valence-corrected chi connectivity index (χ2v) is 7.01. The van der Waals surface area contributed by atoms with Crippen LogP contribution in [0.15, 0.2) is 30.5 Å².